The lowest BCUT2D eigenvalue weighted by atomic mass is 9.85. The predicted molar refractivity (Wildman–Crippen MR) is 263 cm³/mol. The molecule has 3 aromatic rings. The van der Waals surface area contributed by atoms with Crippen LogP contribution in [-0.2, 0) is 39.8 Å². The van der Waals surface area contributed by atoms with E-state index < -0.39 is 41.5 Å². The molecule has 0 bridgehead atoms. The van der Waals surface area contributed by atoms with E-state index >= 15 is 0 Å². The predicted octanol–water partition coefficient (Wildman–Crippen LogP) is 8.89. The molecule has 2 heterocycles. The smallest absolute Gasteiger partial charge is 0.306 e. The molecule has 1 aliphatic carbocycles. The number of carbonyl (C=O) groups excluding carboxylic acids is 4. The summed E-state index contributed by atoms with van der Waals surface area (Å²) in [4.78, 5) is 69.3. The molecule has 0 spiro atoms. The van der Waals surface area contributed by atoms with Crippen LogP contribution in [0.25, 0.3) is 11.0 Å². The Morgan fingerprint density at radius 1 is 0.925 bits per heavy atom. The van der Waals surface area contributed by atoms with Crippen molar-refractivity contribution in [3.05, 3.63) is 77.0 Å². The summed E-state index contributed by atoms with van der Waals surface area (Å²) in [5.74, 6) is -0.983. The molecule has 1 fully saturated rings. The number of nitrogens with zero attached hydrogens (tertiary/aromatic N) is 4. The fourth-order valence-corrected chi connectivity index (χ4v) is 9.78. The van der Waals surface area contributed by atoms with Gasteiger partial charge in [-0.15, -0.1) is 0 Å². The number of fused-ring (bicyclic) bond motifs is 1. The highest BCUT2D eigenvalue weighted by atomic mass is 79.9. The number of guanidine groups is 1. The van der Waals surface area contributed by atoms with Gasteiger partial charge in [-0.2, -0.15) is 0 Å². The normalized spacial score (nSPS) is 21.1. The first-order chi connectivity index (χ1) is 32.1. The summed E-state index contributed by atoms with van der Waals surface area (Å²) in [6.45, 7) is 12.4. The summed E-state index contributed by atoms with van der Waals surface area (Å²) in [6.07, 6.45) is 10.7. The molecule has 15 heteroatoms. The fourth-order valence-electron chi connectivity index (χ4n) is 9.25. The standard InChI is InChI=1S/C52H72BrN5O9/c1-7-33-65-45(62)20-16-11-10-15-19-38-39(43(60)34-42(38)59)24-23-37(22-21-36-17-13-12-14-18-36)66-46(63)28-27-44(61)52(6,9-3)67-35(4)49(64)51(5,8-2)58-32-31-56-50(58)57-40-25-26-41-48(47(40)53)55-30-29-54-41/h10,12-15,17-18,25-26,29-30,35,37-39,42-43,59-60H,7-9,11,16,19-24,27-28,31-34H2,1-6H3,(H,56,57)/b15-10-/t35?,37-,38+,39+,42-,43+,51?,52?/m0/s1. The number of hydrogen-bond donors (Lipinski definition) is 3. The maximum atomic E-state index is 14.4. The molecule has 2 aromatic carbocycles. The van der Waals surface area contributed by atoms with Crippen LogP contribution >= 0.6 is 15.9 Å². The second kappa shape index (κ2) is 25.7. The number of unbranched alkanes of at least 4 members (excludes halogenated alkanes) is 1. The van der Waals surface area contributed by atoms with Gasteiger partial charge in [0.05, 0.1) is 47.5 Å². The van der Waals surface area contributed by atoms with Crippen LogP contribution in [0, 0.1) is 11.8 Å². The summed E-state index contributed by atoms with van der Waals surface area (Å²) < 4.78 is 18.4. The van der Waals surface area contributed by atoms with Gasteiger partial charge in [0.1, 0.15) is 28.9 Å². The van der Waals surface area contributed by atoms with Gasteiger partial charge in [-0.3, -0.25) is 34.1 Å². The van der Waals surface area contributed by atoms with Gasteiger partial charge in [-0.25, -0.2) is 0 Å². The average molecular weight is 991 g/mol. The van der Waals surface area contributed by atoms with Crippen molar-refractivity contribution >= 4 is 62.1 Å². The van der Waals surface area contributed by atoms with Crippen molar-refractivity contribution in [2.45, 2.75) is 167 Å². The van der Waals surface area contributed by atoms with E-state index in [1.54, 1.807) is 26.2 Å². The Morgan fingerprint density at radius 3 is 2.40 bits per heavy atom. The number of aromatic nitrogens is 2. The number of nitrogens with one attached hydrogen (secondary N) is 1. The first kappa shape index (κ1) is 53.4. The Bertz CT molecular complexity index is 2170. The number of aliphatic hydroxyl groups is 2. The lowest BCUT2D eigenvalue weighted by Crippen LogP contribution is -2.59. The highest BCUT2D eigenvalue weighted by Gasteiger charge is 2.46. The first-order valence-electron chi connectivity index (χ1n) is 24.3. The summed E-state index contributed by atoms with van der Waals surface area (Å²) in [5, 5.41) is 25.4. The zero-order valence-corrected chi connectivity index (χ0v) is 41.8. The Balaban J connectivity index is 1.17. The number of rotatable bonds is 27. The van der Waals surface area contributed by atoms with Gasteiger partial charge in [0.25, 0.3) is 0 Å². The van der Waals surface area contributed by atoms with Crippen molar-refractivity contribution in [2.24, 2.45) is 16.8 Å². The van der Waals surface area contributed by atoms with Gasteiger partial charge >= 0.3 is 11.9 Å². The zero-order chi connectivity index (χ0) is 48.6. The number of ether oxygens (including phenoxy) is 3. The van der Waals surface area contributed by atoms with Gasteiger partial charge < -0.3 is 34.6 Å². The van der Waals surface area contributed by atoms with Crippen LogP contribution in [-0.4, -0.2) is 110 Å². The zero-order valence-electron chi connectivity index (χ0n) is 40.3. The lowest BCUT2D eigenvalue weighted by molar-refractivity contribution is -0.163. The summed E-state index contributed by atoms with van der Waals surface area (Å²) in [5.41, 5.74) is 0.919. The van der Waals surface area contributed by atoms with Crippen LogP contribution < -0.4 is 5.32 Å². The number of Topliss-reactive ketones (excluding diaryl/α,β-unsaturated/α-hetero) is 2. The third kappa shape index (κ3) is 14.5. The molecule has 1 aromatic heterocycles. The molecule has 14 nitrogen and oxygen atoms in total. The number of anilines is 1. The number of hydrogen-bond acceptors (Lipinski definition) is 14. The van der Waals surface area contributed by atoms with Crippen molar-refractivity contribution in [3.8, 4) is 0 Å². The Labute approximate surface area is 404 Å². The molecule has 3 unspecified atom stereocenters. The number of aryl methyl sites for hydroxylation is 1. The number of aliphatic hydroxyl groups excluding tert-OH is 2. The molecular weight excluding hydrogens is 919 g/mol. The molecule has 366 valence electrons. The fraction of sp³-hybridized carbons (Fsp3) is 0.596. The van der Waals surface area contributed by atoms with E-state index in [1.807, 2.05) is 87.2 Å². The number of benzene rings is 2. The Kier molecular flexibility index (Phi) is 20.5. The minimum atomic E-state index is -1.34. The first-order valence-corrected chi connectivity index (χ1v) is 25.1. The molecule has 3 N–H and O–H groups in total. The number of ketones is 2. The van der Waals surface area contributed by atoms with Gasteiger partial charge in [0, 0.05) is 31.8 Å². The van der Waals surface area contributed by atoms with Crippen molar-refractivity contribution in [2.75, 3.05) is 25.0 Å². The van der Waals surface area contributed by atoms with Gasteiger partial charge in [-0.05, 0) is 137 Å². The Hall–Kier alpha value is -4.57. The highest BCUT2D eigenvalue weighted by molar-refractivity contribution is 9.10. The van der Waals surface area contributed by atoms with Crippen LogP contribution in [0.1, 0.15) is 131 Å². The van der Waals surface area contributed by atoms with E-state index in [9.17, 15) is 29.4 Å². The van der Waals surface area contributed by atoms with Crippen LogP contribution in [0.15, 0.2) is 76.5 Å². The molecule has 1 aliphatic heterocycles. The second-order valence-electron chi connectivity index (χ2n) is 18.3. The molecule has 1 saturated carbocycles. The van der Waals surface area contributed by atoms with Crippen molar-refractivity contribution < 1.29 is 43.6 Å². The van der Waals surface area contributed by atoms with Crippen LogP contribution in [0.2, 0.25) is 0 Å². The Morgan fingerprint density at radius 2 is 1.67 bits per heavy atom. The number of carbonyl (C=O) groups is 4. The van der Waals surface area contributed by atoms with E-state index in [-0.39, 0.29) is 55.1 Å². The van der Waals surface area contributed by atoms with E-state index in [0.717, 1.165) is 27.7 Å². The topological polar surface area (TPSA) is 190 Å². The van der Waals surface area contributed by atoms with Crippen molar-refractivity contribution in [1.82, 2.24) is 14.9 Å². The highest BCUT2D eigenvalue weighted by Crippen LogP contribution is 2.39. The summed E-state index contributed by atoms with van der Waals surface area (Å²) in [7, 11) is 0. The maximum Gasteiger partial charge on any atom is 0.306 e. The van der Waals surface area contributed by atoms with Crippen LogP contribution in [0.4, 0.5) is 5.69 Å². The molecule has 2 aliphatic rings. The van der Waals surface area contributed by atoms with E-state index in [0.29, 0.717) is 89.0 Å². The van der Waals surface area contributed by atoms with Crippen LogP contribution in [0.5, 0.6) is 0 Å². The largest absolute Gasteiger partial charge is 0.466 e. The minimum Gasteiger partial charge on any atom is -0.466 e. The minimum absolute atomic E-state index is 0.125. The average Bonchev–Trinajstić information content (AvgIpc) is 3.92. The molecule has 0 saturated heterocycles. The van der Waals surface area contributed by atoms with Gasteiger partial charge in [0.2, 0.25) is 0 Å². The molecule has 5 rings (SSSR count). The number of aliphatic imine (C=N–C) groups is 1. The molecule has 0 amide bonds. The molecular formula is C52H72BrN5O9. The third-order valence-corrected chi connectivity index (χ3v) is 14.4. The number of halogens is 1. The van der Waals surface area contributed by atoms with Gasteiger partial charge in [-0.1, -0.05) is 63.3 Å². The number of allylic oxidation sites excluding steroid dienone is 2. The summed E-state index contributed by atoms with van der Waals surface area (Å²) in [6, 6.07) is 13.7. The SMILES string of the molecule is CCCOC(=O)CCC/C=C\C[C@@H]1[C@@H](CC[C@H](CCc2ccccc2)OC(=O)CCC(=O)C(C)(CC)OC(C)C(=O)C(C)(CC)N2CCN=C2Nc2ccc3nccnc3c2Br)[C@H](O)C[C@@H]1O. The van der Waals surface area contributed by atoms with E-state index in [2.05, 4.69) is 31.2 Å². The molecule has 8 atom stereocenters. The van der Waals surface area contributed by atoms with Crippen LogP contribution in [0.3, 0.4) is 0 Å². The summed E-state index contributed by atoms with van der Waals surface area (Å²) >= 11 is 3.66. The lowest BCUT2D eigenvalue weighted by Gasteiger charge is -2.41. The van der Waals surface area contributed by atoms with Gasteiger partial charge in [0.15, 0.2) is 17.5 Å². The third-order valence-electron chi connectivity index (χ3n) is 13.6. The van der Waals surface area contributed by atoms with Crippen molar-refractivity contribution in [3.63, 3.8) is 0 Å². The quantitative estimate of drug-likeness (QED) is 0.0373. The molecule has 67 heavy (non-hydrogen) atoms. The van der Waals surface area contributed by atoms with Crippen molar-refractivity contribution in [1.29, 1.82) is 0 Å². The maximum absolute atomic E-state index is 14.4. The van der Waals surface area contributed by atoms with E-state index in [4.69, 9.17) is 19.2 Å². The van der Waals surface area contributed by atoms with E-state index in [1.165, 1.54) is 0 Å². The molecule has 0 radical (unpaired) electrons. The monoisotopic (exact) mass is 989 g/mol. The number of esters is 2. The second-order valence-corrected chi connectivity index (χ2v) is 19.1.